The fourth-order valence-electron chi connectivity index (χ4n) is 3.21. The molecule has 1 saturated heterocycles. The number of alkyl halides is 3. The first-order valence-electron chi connectivity index (χ1n) is 9.45. The van der Waals surface area contributed by atoms with Crippen molar-refractivity contribution in [1.82, 2.24) is 0 Å². The molecule has 0 unspecified atom stereocenters. The van der Waals surface area contributed by atoms with Crippen LogP contribution in [0.5, 0.6) is 0 Å². The zero-order chi connectivity index (χ0) is 22.2. The Kier molecular flexibility index (Phi) is 5.45. The maximum atomic E-state index is 12.9. The molecule has 1 aliphatic rings. The quantitative estimate of drug-likeness (QED) is 0.394. The van der Waals surface area contributed by atoms with E-state index in [1.165, 1.54) is 24.3 Å². The van der Waals surface area contributed by atoms with Crippen LogP contribution in [0.3, 0.4) is 0 Å². The molecule has 31 heavy (non-hydrogen) atoms. The molecule has 1 fully saturated rings. The van der Waals surface area contributed by atoms with E-state index in [4.69, 9.17) is 4.74 Å². The van der Waals surface area contributed by atoms with Gasteiger partial charge in [0.05, 0.1) is 16.2 Å². The van der Waals surface area contributed by atoms with Crippen molar-refractivity contribution >= 4 is 15.7 Å². The van der Waals surface area contributed by atoms with Crippen LogP contribution in [0.2, 0.25) is 0 Å². The Hall–Kier alpha value is -2.97. The summed E-state index contributed by atoms with van der Waals surface area (Å²) in [5, 5.41) is 0. The van der Waals surface area contributed by atoms with Gasteiger partial charge < -0.3 is 4.74 Å². The number of nitrogens with zero attached hydrogens (tertiary/aromatic N) is 1. The molecule has 0 radical (unpaired) electrons. The van der Waals surface area contributed by atoms with Gasteiger partial charge in [-0.15, -0.1) is 0 Å². The highest BCUT2D eigenvalue weighted by Crippen LogP contribution is 2.41. The third-order valence-electron chi connectivity index (χ3n) is 4.93. The lowest BCUT2D eigenvalue weighted by Crippen LogP contribution is -2.14. The van der Waals surface area contributed by atoms with E-state index in [1.54, 1.807) is 12.1 Å². The molecule has 3 aromatic carbocycles. The van der Waals surface area contributed by atoms with Crippen LogP contribution in [0, 0.1) is 6.92 Å². The van der Waals surface area contributed by atoms with E-state index < -0.39 is 34.0 Å². The van der Waals surface area contributed by atoms with Gasteiger partial charge in [0.1, 0.15) is 12.2 Å². The number of sulfonamides is 1. The first-order valence-corrected chi connectivity index (χ1v) is 10.9. The predicted octanol–water partition coefficient (Wildman–Crippen LogP) is 5.33. The first kappa shape index (κ1) is 21.3. The van der Waals surface area contributed by atoms with Crippen LogP contribution in [-0.2, 0) is 20.9 Å². The summed E-state index contributed by atoms with van der Waals surface area (Å²) in [6.45, 7) is 1.83. The molecule has 1 aliphatic heterocycles. The molecule has 0 saturated carbocycles. The summed E-state index contributed by atoms with van der Waals surface area (Å²) in [7, 11) is -4.09. The van der Waals surface area contributed by atoms with Gasteiger partial charge in [0.15, 0.2) is 0 Å². The van der Waals surface area contributed by atoms with Crippen LogP contribution in [0.1, 0.15) is 28.4 Å². The summed E-state index contributed by atoms with van der Waals surface area (Å²) >= 11 is 0. The summed E-state index contributed by atoms with van der Waals surface area (Å²) in [4.78, 5) is -0.000534. The van der Waals surface area contributed by atoms with E-state index in [0.29, 0.717) is 0 Å². The van der Waals surface area contributed by atoms with Gasteiger partial charge in [-0.25, -0.2) is 0 Å². The maximum absolute atomic E-state index is 12.9. The molecule has 0 aliphatic carbocycles. The second kappa shape index (κ2) is 7.94. The average Bonchev–Trinajstić information content (AvgIpc) is 3.53. The van der Waals surface area contributed by atoms with Gasteiger partial charge >= 0.3 is 6.18 Å². The third kappa shape index (κ3) is 4.70. The molecule has 1 heterocycles. The number of benzene rings is 3. The lowest BCUT2D eigenvalue weighted by atomic mass is 10.0. The molecule has 0 spiro atoms. The number of hydrogen-bond acceptors (Lipinski definition) is 3. The lowest BCUT2D eigenvalue weighted by Gasteiger charge is -2.09. The minimum absolute atomic E-state index is 0.000534. The molecule has 160 valence electrons. The number of epoxide rings is 1. The van der Waals surface area contributed by atoms with E-state index in [9.17, 15) is 21.6 Å². The Morgan fingerprint density at radius 1 is 0.903 bits per heavy atom. The van der Waals surface area contributed by atoms with Gasteiger partial charge in [0.25, 0.3) is 10.0 Å². The zero-order valence-corrected chi connectivity index (χ0v) is 17.2. The lowest BCUT2D eigenvalue weighted by molar-refractivity contribution is -0.137. The molecular formula is C23H18F3NO3S. The highest BCUT2D eigenvalue weighted by Gasteiger charge is 2.45. The average molecular weight is 445 g/mol. The molecule has 2 atom stereocenters. The minimum Gasteiger partial charge on any atom is -0.358 e. The van der Waals surface area contributed by atoms with Crippen molar-refractivity contribution < 1.29 is 26.3 Å². The summed E-state index contributed by atoms with van der Waals surface area (Å²) < 4.78 is 74.4. The number of ether oxygens (including phenoxy) is 1. The largest absolute Gasteiger partial charge is 0.416 e. The molecule has 4 rings (SSSR count). The topological polar surface area (TPSA) is 59.0 Å². The molecule has 3 aromatic rings. The third-order valence-corrected chi connectivity index (χ3v) is 6.24. The second-order valence-corrected chi connectivity index (χ2v) is 8.83. The summed E-state index contributed by atoms with van der Waals surface area (Å²) in [6, 6.07) is 19.6. The second-order valence-electron chi connectivity index (χ2n) is 7.23. The maximum Gasteiger partial charge on any atom is 0.416 e. The van der Waals surface area contributed by atoms with Crippen molar-refractivity contribution in [3.8, 4) is 0 Å². The van der Waals surface area contributed by atoms with Crippen LogP contribution in [-0.4, -0.2) is 20.2 Å². The Morgan fingerprint density at radius 2 is 1.52 bits per heavy atom. The van der Waals surface area contributed by atoms with Crippen LogP contribution in [0.4, 0.5) is 13.2 Å². The Morgan fingerprint density at radius 3 is 2.10 bits per heavy atom. The van der Waals surface area contributed by atoms with Crippen molar-refractivity contribution in [1.29, 1.82) is 0 Å². The number of hydrogen-bond donors (Lipinski definition) is 0. The van der Waals surface area contributed by atoms with Crippen molar-refractivity contribution in [2.45, 2.75) is 30.2 Å². The van der Waals surface area contributed by atoms with E-state index >= 15 is 0 Å². The highest BCUT2D eigenvalue weighted by molar-refractivity contribution is 7.90. The van der Waals surface area contributed by atoms with E-state index in [0.717, 1.165) is 23.3 Å². The van der Waals surface area contributed by atoms with Crippen molar-refractivity contribution in [2.24, 2.45) is 4.40 Å². The van der Waals surface area contributed by atoms with Gasteiger partial charge in [0, 0.05) is 0 Å². The van der Waals surface area contributed by atoms with Gasteiger partial charge in [-0.2, -0.15) is 26.0 Å². The van der Waals surface area contributed by atoms with Crippen molar-refractivity contribution in [2.75, 3.05) is 0 Å². The summed E-state index contributed by atoms with van der Waals surface area (Å²) in [6.07, 6.45) is -5.60. The Bertz CT molecular complexity index is 1200. The predicted molar refractivity (Wildman–Crippen MR) is 110 cm³/mol. The smallest absolute Gasteiger partial charge is 0.358 e. The van der Waals surface area contributed by atoms with E-state index in [2.05, 4.69) is 4.40 Å². The highest BCUT2D eigenvalue weighted by atomic mass is 32.2. The van der Waals surface area contributed by atoms with Gasteiger partial charge in [-0.3, -0.25) is 0 Å². The van der Waals surface area contributed by atoms with Crippen LogP contribution >= 0.6 is 0 Å². The minimum atomic E-state index is -4.49. The Labute approximate surface area is 178 Å². The van der Waals surface area contributed by atoms with Crippen LogP contribution in [0.15, 0.2) is 88.2 Å². The van der Waals surface area contributed by atoms with Gasteiger partial charge in [-0.1, -0.05) is 60.2 Å². The van der Waals surface area contributed by atoms with Gasteiger partial charge in [-0.05, 0) is 42.3 Å². The molecule has 0 N–H and O–H groups in total. The van der Waals surface area contributed by atoms with Crippen molar-refractivity contribution in [3.05, 3.63) is 101 Å². The van der Waals surface area contributed by atoms with Gasteiger partial charge in [0.2, 0.25) is 0 Å². The zero-order valence-electron chi connectivity index (χ0n) is 16.4. The SMILES string of the molecule is Cc1ccc(S(=O)(=O)/N=C(\c2ccc(C(F)(F)F)cc2)[C@H]2O[C@@H]2c2ccccc2)cc1. The normalized spacial score (nSPS) is 19.3. The van der Waals surface area contributed by atoms with E-state index in [-0.39, 0.29) is 16.2 Å². The molecular weight excluding hydrogens is 427 g/mol. The molecule has 8 heteroatoms. The number of halogens is 3. The Balaban J connectivity index is 1.75. The molecule has 0 aromatic heterocycles. The molecule has 0 amide bonds. The van der Waals surface area contributed by atoms with E-state index in [1.807, 2.05) is 37.3 Å². The van der Waals surface area contributed by atoms with Crippen LogP contribution < -0.4 is 0 Å². The van der Waals surface area contributed by atoms with Crippen molar-refractivity contribution in [3.63, 3.8) is 0 Å². The monoisotopic (exact) mass is 445 g/mol. The molecule has 0 bridgehead atoms. The van der Waals surface area contributed by atoms with Crippen LogP contribution in [0.25, 0.3) is 0 Å². The number of rotatable bonds is 5. The standard InChI is InChI=1S/C23H18F3NO3S/c1-15-7-13-19(14-8-15)31(28,29)27-20(16-9-11-18(12-10-16)23(24,25)26)22-21(30-22)17-5-3-2-4-6-17/h2-14,21-22H,1H3/b27-20+/t21-,22-/m1/s1. The summed E-state index contributed by atoms with van der Waals surface area (Å²) in [5.41, 5.74) is 1.23. The fourth-order valence-corrected chi connectivity index (χ4v) is 4.26. The first-order chi connectivity index (χ1) is 14.6. The molecule has 4 nitrogen and oxygen atoms in total. The fraction of sp³-hybridized carbons (Fsp3) is 0.174. The number of aryl methyl sites for hydroxylation is 1. The summed E-state index contributed by atoms with van der Waals surface area (Å²) in [5.74, 6) is 0.